The SMILES string of the molecule is CCCCCOC(C)c1c(C)cccc1C. The summed E-state index contributed by atoms with van der Waals surface area (Å²) in [5, 5.41) is 0. The first-order valence-corrected chi connectivity index (χ1v) is 6.34. The normalized spacial score (nSPS) is 12.8. The lowest BCUT2D eigenvalue weighted by molar-refractivity contribution is 0.0622. The van der Waals surface area contributed by atoms with Crippen LogP contribution in [-0.2, 0) is 4.74 Å². The molecule has 0 aromatic heterocycles. The molecular weight excluding hydrogens is 196 g/mol. The van der Waals surface area contributed by atoms with E-state index in [-0.39, 0.29) is 6.10 Å². The van der Waals surface area contributed by atoms with E-state index < -0.39 is 0 Å². The molecule has 0 fully saturated rings. The van der Waals surface area contributed by atoms with Gasteiger partial charge >= 0.3 is 0 Å². The molecule has 90 valence electrons. The van der Waals surface area contributed by atoms with Crippen LogP contribution in [0, 0.1) is 13.8 Å². The molecule has 0 radical (unpaired) electrons. The van der Waals surface area contributed by atoms with E-state index in [1.807, 2.05) is 0 Å². The Kier molecular flexibility index (Phi) is 5.54. The van der Waals surface area contributed by atoms with Crippen molar-refractivity contribution in [2.24, 2.45) is 0 Å². The average Bonchev–Trinajstić information content (AvgIpc) is 2.24. The van der Waals surface area contributed by atoms with Gasteiger partial charge in [-0.1, -0.05) is 38.0 Å². The standard InChI is InChI=1S/C15H24O/c1-5-6-7-11-16-14(4)15-12(2)9-8-10-13(15)3/h8-10,14H,5-7,11H2,1-4H3. The zero-order valence-electron chi connectivity index (χ0n) is 11.0. The first-order valence-electron chi connectivity index (χ1n) is 6.34. The van der Waals surface area contributed by atoms with Crippen molar-refractivity contribution in [3.63, 3.8) is 0 Å². The van der Waals surface area contributed by atoms with E-state index in [0.717, 1.165) is 6.61 Å². The second-order valence-electron chi connectivity index (χ2n) is 4.53. The molecule has 0 bridgehead atoms. The van der Waals surface area contributed by atoms with E-state index >= 15 is 0 Å². The van der Waals surface area contributed by atoms with Crippen molar-refractivity contribution < 1.29 is 4.74 Å². The molecule has 1 nitrogen and oxygen atoms in total. The van der Waals surface area contributed by atoms with Crippen LogP contribution >= 0.6 is 0 Å². The highest BCUT2D eigenvalue weighted by Crippen LogP contribution is 2.24. The molecule has 16 heavy (non-hydrogen) atoms. The van der Waals surface area contributed by atoms with E-state index in [1.54, 1.807) is 0 Å². The summed E-state index contributed by atoms with van der Waals surface area (Å²) in [4.78, 5) is 0. The number of unbranched alkanes of at least 4 members (excludes halogenated alkanes) is 2. The van der Waals surface area contributed by atoms with Gasteiger partial charge in [-0.15, -0.1) is 0 Å². The number of hydrogen-bond acceptors (Lipinski definition) is 1. The smallest absolute Gasteiger partial charge is 0.0801 e. The molecule has 0 saturated heterocycles. The van der Waals surface area contributed by atoms with Crippen LogP contribution in [0.15, 0.2) is 18.2 Å². The quantitative estimate of drug-likeness (QED) is 0.638. The van der Waals surface area contributed by atoms with Crippen molar-refractivity contribution in [1.82, 2.24) is 0 Å². The van der Waals surface area contributed by atoms with Gasteiger partial charge in [-0.3, -0.25) is 0 Å². The molecule has 1 heteroatoms. The molecule has 0 amide bonds. The molecule has 0 heterocycles. The van der Waals surface area contributed by atoms with Gasteiger partial charge in [0.2, 0.25) is 0 Å². The third-order valence-corrected chi connectivity index (χ3v) is 3.06. The molecule has 0 N–H and O–H groups in total. The van der Waals surface area contributed by atoms with Gasteiger partial charge in [0.15, 0.2) is 0 Å². The predicted molar refractivity (Wildman–Crippen MR) is 69.8 cm³/mol. The van der Waals surface area contributed by atoms with Gasteiger partial charge in [-0.05, 0) is 43.9 Å². The van der Waals surface area contributed by atoms with Gasteiger partial charge < -0.3 is 4.74 Å². The van der Waals surface area contributed by atoms with Crippen LogP contribution in [-0.4, -0.2) is 6.61 Å². The molecule has 0 saturated carbocycles. The van der Waals surface area contributed by atoms with Crippen LogP contribution in [0.3, 0.4) is 0 Å². The highest BCUT2D eigenvalue weighted by molar-refractivity contribution is 5.35. The molecule has 0 spiro atoms. The molecule has 1 atom stereocenters. The van der Waals surface area contributed by atoms with Gasteiger partial charge in [-0.2, -0.15) is 0 Å². The van der Waals surface area contributed by atoms with Gasteiger partial charge in [0.25, 0.3) is 0 Å². The van der Waals surface area contributed by atoms with E-state index in [1.165, 1.54) is 36.0 Å². The van der Waals surface area contributed by atoms with Gasteiger partial charge in [0.1, 0.15) is 0 Å². The largest absolute Gasteiger partial charge is 0.374 e. The second-order valence-corrected chi connectivity index (χ2v) is 4.53. The Morgan fingerprint density at radius 1 is 1.12 bits per heavy atom. The minimum absolute atomic E-state index is 0.220. The summed E-state index contributed by atoms with van der Waals surface area (Å²) in [5.41, 5.74) is 4.03. The summed E-state index contributed by atoms with van der Waals surface area (Å²) in [6.07, 6.45) is 3.91. The third-order valence-electron chi connectivity index (χ3n) is 3.06. The van der Waals surface area contributed by atoms with Gasteiger partial charge in [-0.25, -0.2) is 0 Å². The number of rotatable bonds is 6. The van der Waals surface area contributed by atoms with Crippen molar-refractivity contribution >= 4 is 0 Å². The number of ether oxygens (including phenoxy) is 1. The van der Waals surface area contributed by atoms with Crippen LogP contribution in [0.2, 0.25) is 0 Å². The van der Waals surface area contributed by atoms with Gasteiger partial charge in [0, 0.05) is 6.61 Å². The maximum absolute atomic E-state index is 5.89. The van der Waals surface area contributed by atoms with Crippen molar-refractivity contribution in [3.8, 4) is 0 Å². The Morgan fingerprint density at radius 3 is 2.31 bits per heavy atom. The van der Waals surface area contributed by atoms with Crippen LogP contribution < -0.4 is 0 Å². The second kappa shape index (κ2) is 6.70. The molecule has 1 rings (SSSR count). The predicted octanol–water partition coefficient (Wildman–Crippen LogP) is 4.57. The third kappa shape index (κ3) is 3.64. The number of hydrogen-bond donors (Lipinski definition) is 0. The summed E-state index contributed by atoms with van der Waals surface area (Å²) < 4.78 is 5.89. The average molecular weight is 220 g/mol. The lowest BCUT2D eigenvalue weighted by Crippen LogP contribution is -2.05. The topological polar surface area (TPSA) is 9.23 Å². The van der Waals surface area contributed by atoms with Crippen molar-refractivity contribution in [2.75, 3.05) is 6.61 Å². The highest BCUT2D eigenvalue weighted by atomic mass is 16.5. The molecular formula is C15H24O. The van der Waals surface area contributed by atoms with Crippen molar-refractivity contribution in [3.05, 3.63) is 34.9 Å². The Balaban J connectivity index is 2.55. The number of aryl methyl sites for hydroxylation is 2. The Labute approximate surface area is 99.8 Å². The fourth-order valence-electron chi connectivity index (χ4n) is 2.16. The number of benzene rings is 1. The van der Waals surface area contributed by atoms with Crippen LogP contribution in [0.1, 0.15) is 55.9 Å². The van der Waals surface area contributed by atoms with Crippen LogP contribution in [0.5, 0.6) is 0 Å². The minimum Gasteiger partial charge on any atom is -0.374 e. The maximum atomic E-state index is 5.89. The molecule has 1 aromatic carbocycles. The van der Waals surface area contributed by atoms with Crippen molar-refractivity contribution in [2.45, 2.75) is 53.1 Å². The molecule has 0 aliphatic heterocycles. The highest BCUT2D eigenvalue weighted by Gasteiger charge is 2.10. The Bertz CT molecular complexity index is 297. The Hall–Kier alpha value is -0.820. The summed E-state index contributed by atoms with van der Waals surface area (Å²) in [5.74, 6) is 0. The molecule has 1 aromatic rings. The molecule has 0 aliphatic rings. The fraction of sp³-hybridized carbons (Fsp3) is 0.600. The van der Waals surface area contributed by atoms with Gasteiger partial charge in [0.05, 0.1) is 6.10 Å². The molecule has 0 aliphatic carbocycles. The van der Waals surface area contributed by atoms with E-state index in [4.69, 9.17) is 4.74 Å². The maximum Gasteiger partial charge on any atom is 0.0801 e. The zero-order chi connectivity index (χ0) is 12.0. The fourth-order valence-corrected chi connectivity index (χ4v) is 2.16. The zero-order valence-corrected chi connectivity index (χ0v) is 11.0. The first-order chi connectivity index (χ1) is 7.66. The van der Waals surface area contributed by atoms with Crippen LogP contribution in [0.25, 0.3) is 0 Å². The monoisotopic (exact) mass is 220 g/mol. The first kappa shape index (κ1) is 13.2. The summed E-state index contributed by atoms with van der Waals surface area (Å²) in [6.45, 7) is 9.57. The van der Waals surface area contributed by atoms with E-state index in [0.29, 0.717) is 0 Å². The van der Waals surface area contributed by atoms with E-state index in [9.17, 15) is 0 Å². The Morgan fingerprint density at radius 2 is 1.75 bits per heavy atom. The molecule has 1 unspecified atom stereocenters. The summed E-state index contributed by atoms with van der Waals surface area (Å²) >= 11 is 0. The summed E-state index contributed by atoms with van der Waals surface area (Å²) in [6, 6.07) is 6.43. The van der Waals surface area contributed by atoms with Crippen LogP contribution in [0.4, 0.5) is 0 Å². The van der Waals surface area contributed by atoms with Crippen molar-refractivity contribution in [1.29, 1.82) is 0 Å². The lowest BCUT2D eigenvalue weighted by atomic mass is 9.99. The lowest BCUT2D eigenvalue weighted by Gasteiger charge is -2.18. The minimum atomic E-state index is 0.220. The summed E-state index contributed by atoms with van der Waals surface area (Å²) in [7, 11) is 0. The van der Waals surface area contributed by atoms with E-state index in [2.05, 4.69) is 45.9 Å².